The highest BCUT2D eigenvalue weighted by Crippen LogP contribution is 2.30. The van der Waals surface area contributed by atoms with Crippen molar-refractivity contribution in [1.29, 1.82) is 0 Å². The molecular weight excluding hydrogens is 429 g/mol. The first kappa shape index (κ1) is 22.6. The van der Waals surface area contributed by atoms with Crippen LogP contribution in [0.2, 0.25) is 0 Å². The summed E-state index contributed by atoms with van der Waals surface area (Å²) >= 11 is 0. The molecule has 0 unspecified atom stereocenters. The van der Waals surface area contributed by atoms with Crippen LogP contribution in [0.15, 0.2) is 48.9 Å². The number of piperidine rings is 1. The number of nitrogens with zero attached hydrogens (tertiary/aromatic N) is 5. The molecule has 0 aliphatic carbocycles. The standard InChI is InChI=1S/C27H32FN5O/c1-19-10-13-32(14-11-19)12-4-5-21-17-33(22-16-29-31(2)18-22)27-23(21)7-8-25(30-27)20-6-9-26(34-3)24(28)15-20/h6-9,15-19H,4-5,10-14H2,1-3H3. The number of ether oxygens (including phenoxy) is 1. The third-order valence-electron chi connectivity index (χ3n) is 6.95. The van der Waals surface area contributed by atoms with Crippen LogP contribution >= 0.6 is 0 Å². The quantitative estimate of drug-likeness (QED) is 0.378. The molecule has 1 saturated heterocycles. The summed E-state index contributed by atoms with van der Waals surface area (Å²) in [4.78, 5) is 7.55. The maximum absolute atomic E-state index is 14.3. The molecule has 4 aromatic rings. The van der Waals surface area contributed by atoms with Crippen LogP contribution in [0.25, 0.3) is 28.0 Å². The Kier molecular flexibility index (Phi) is 6.37. The lowest BCUT2D eigenvalue weighted by Gasteiger charge is -2.30. The van der Waals surface area contributed by atoms with Gasteiger partial charge in [0.05, 0.1) is 24.7 Å². The second-order valence-electron chi connectivity index (χ2n) is 9.44. The van der Waals surface area contributed by atoms with Gasteiger partial charge in [-0.1, -0.05) is 6.92 Å². The van der Waals surface area contributed by atoms with Gasteiger partial charge in [0.2, 0.25) is 0 Å². The Bertz CT molecular complexity index is 1290. The number of hydrogen-bond donors (Lipinski definition) is 0. The van der Waals surface area contributed by atoms with Crippen molar-refractivity contribution in [1.82, 2.24) is 24.2 Å². The van der Waals surface area contributed by atoms with Gasteiger partial charge in [-0.2, -0.15) is 5.10 Å². The first-order chi connectivity index (χ1) is 16.5. The molecule has 1 aliphatic rings. The molecule has 0 bridgehead atoms. The number of fused-ring (bicyclic) bond motifs is 1. The number of benzene rings is 1. The Morgan fingerprint density at radius 2 is 1.94 bits per heavy atom. The van der Waals surface area contributed by atoms with Crippen LogP contribution in [0.5, 0.6) is 5.75 Å². The van der Waals surface area contributed by atoms with E-state index in [1.54, 1.807) is 10.7 Å². The zero-order chi connectivity index (χ0) is 23.7. The maximum atomic E-state index is 14.3. The van der Waals surface area contributed by atoms with E-state index in [4.69, 9.17) is 9.72 Å². The highest BCUT2D eigenvalue weighted by molar-refractivity contribution is 5.84. The molecule has 0 N–H and O–H groups in total. The van der Waals surface area contributed by atoms with Gasteiger partial charge in [0.1, 0.15) is 5.65 Å². The van der Waals surface area contributed by atoms with Crippen LogP contribution in [-0.2, 0) is 13.5 Å². The van der Waals surface area contributed by atoms with E-state index >= 15 is 0 Å². The number of rotatable bonds is 7. The topological polar surface area (TPSA) is 48.1 Å². The number of aryl methyl sites for hydroxylation is 2. The molecule has 6 nitrogen and oxygen atoms in total. The van der Waals surface area contributed by atoms with Crippen LogP contribution in [0.4, 0.5) is 4.39 Å². The molecule has 0 radical (unpaired) electrons. The van der Waals surface area contributed by atoms with Crippen LogP contribution in [0, 0.1) is 11.7 Å². The Labute approximate surface area is 200 Å². The molecule has 1 fully saturated rings. The van der Waals surface area contributed by atoms with Crippen molar-refractivity contribution in [2.24, 2.45) is 13.0 Å². The van der Waals surface area contributed by atoms with Crippen molar-refractivity contribution in [3.8, 4) is 22.7 Å². The molecule has 0 amide bonds. The fourth-order valence-corrected chi connectivity index (χ4v) is 4.86. The molecule has 0 spiro atoms. The molecular formula is C27H32FN5O. The molecule has 1 aromatic carbocycles. The zero-order valence-electron chi connectivity index (χ0n) is 20.2. The van der Waals surface area contributed by atoms with Crippen LogP contribution in [0.3, 0.4) is 0 Å². The minimum Gasteiger partial charge on any atom is -0.494 e. The largest absolute Gasteiger partial charge is 0.494 e. The summed E-state index contributed by atoms with van der Waals surface area (Å²) in [5.41, 5.74) is 4.56. The number of pyridine rings is 1. The lowest BCUT2D eigenvalue weighted by Crippen LogP contribution is -2.33. The zero-order valence-corrected chi connectivity index (χ0v) is 20.2. The Hall–Kier alpha value is -3.19. The smallest absolute Gasteiger partial charge is 0.165 e. The number of likely N-dealkylation sites (tertiary alicyclic amines) is 1. The summed E-state index contributed by atoms with van der Waals surface area (Å²) in [5.74, 6) is 0.694. The highest BCUT2D eigenvalue weighted by atomic mass is 19.1. The summed E-state index contributed by atoms with van der Waals surface area (Å²) in [6.45, 7) is 5.90. The van der Waals surface area contributed by atoms with Gasteiger partial charge in [-0.3, -0.25) is 9.25 Å². The van der Waals surface area contributed by atoms with E-state index < -0.39 is 5.82 Å². The van der Waals surface area contributed by atoms with Gasteiger partial charge in [-0.05, 0) is 87.1 Å². The van der Waals surface area contributed by atoms with Gasteiger partial charge >= 0.3 is 0 Å². The second kappa shape index (κ2) is 9.58. The van der Waals surface area contributed by atoms with Gasteiger partial charge in [-0.15, -0.1) is 0 Å². The third kappa shape index (κ3) is 4.57. The predicted octanol–water partition coefficient (Wildman–Crippen LogP) is 5.24. The first-order valence-electron chi connectivity index (χ1n) is 12.1. The van der Waals surface area contributed by atoms with E-state index in [0.29, 0.717) is 0 Å². The third-order valence-corrected chi connectivity index (χ3v) is 6.95. The Balaban J connectivity index is 1.45. The average molecular weight is 462 g/mol. The van der Waals surface area contributed by atoms with Crippen LogP contribution < -0.4 is 4.74 Å². The van der Waals surface area contributed by atoms with Gasteiger partial charge in [0.15, 0.2) is 11.6 Å². The number of hydrogen-bond acceptors (Lipinski definition) is 4. The summed E-state index contributed by atoms with van der Waals surface area (Å²) < 4.78 is 23.3. The fraction of sp³-hybridized carbons (Fsp3) is 0.407. The summed E-state index contributed by atoms with van der Waals surface area (Å²) in [6.07, 6.45) is 10.7. The minimum absolute atomic E-state index is 0.231. The van der Waals surface area contributed by atoms with E-state index in [0.717, 1.165) is 53.3 Å². The van der Waals surface area contributed by atoms with Gasteiger partial charge in [-0.25, -0.2) is 9.37 Å². The number of aromatic nitrogens is 4. The summed E-state index contributed by atoms with van der Waals surface area (Å²) in [7, 11) is 3.38. The van der Waals surface area contributed by atoms with Crippen molar-refractivity contribution in [3.05, 3.63) is 60.3 Å². The first-order valence-corrected chi connectivity index (χ1v) is 12.1. The second-order valence-corrected chi connectivity index (χ2v) is 9.44. The molecule has 4 heterocycles. The monoisotopic (exact) mass is 461 g/mol. The van der Waals surface area contributed by atoms with Gasteiger partial charge in [0, 0.05) is 30.4 Å². The van der Waals surface area contributed by atoms with E-state index in [9.17, 15) is 4.39 Å². The van der Waals surface area contributed by atoms with Gasteiger partial charge < -0.3 is 9.64 Å². The summed E-state index contributed by atoms with van der Waals surface area (Å²) in [6, 6.07) is 9.05. The van der Waals surface area contributed by atoms with Crippen molar-refractivity contribution < 1.29 is 9.13 Å². The Morgan fingerprint density at radius 1 is 1.12 bits per heavy atom. The van der Waals surface area contributed by atoms with Crippen LogP contribution in [0.1, 0.15) is 31.7 Å². The number of halogens is 1. The van der Waals surface area contributed by atoms with Crippen molar-refractivity contribution in [2.75, 3.05) is 26.7 Å². The van der Waals surface area contributed by atoms with Gasteiger partial charge in [0.25, 0.3) is 0 Å². The minimum atomic E-state index is -0.391. The average Bonchev–Trinajstić information content (AvgIpc) is 3.43. The van der Waals surface area contributed by atoms with E-state index in [1.807, 2.05) is 31.6 Å². The maximum Gasteiger partial charge on any atom is 0.165 e. The van der Waals surface area contributed by atoms with E-state index in [-0.39, 0.29) is 5.75 Å². The van der Waals surface area contributed by atoms with E-state index in [1.165, 1.54) is 44.7 Å². The molecule has 178 valence electrons. The van der Waals surface area contributed by atoms with Crippen molar-refractivity contribution >= 4 is 11.0 Å². The molecule has 7 heteroatoms. The predicted molar refractivity (Wildman–Crippen MR) is 133 cm³/mol. The SMILES string of the molecule is COc1ccc(-c2ccc3c(CCCN4CCC(C)CC4)cn(-c4cnn(C)c4)c3n2)cc1F. The molecule has 3 aromatic heterocycles. The fourth-order valence-electron chi connectivity index (χ4n) is 4.86. The lowest BCUT2D eigenvalue weighted by atomic mass is 9.99. The lowest BCUT2D eigenvalue weighted by molar-refractivity contribution is 0.191. The normalized spacial score (nSPS) is 15.3. The van der Waals surface area contributed by atoms with E-state index in [2.05, 4.69) is 33.8 Å². The molecule has 0 saturated carbocycles. The molecule has 34 heavy (non-hydrogen) atoms. The van der Waals surface area contributed by atoms with Crippen LogP contribution in [-0.4, -0.2) is 51.0 Å². The van der Waals surface area contributed by atoms with Crippen molar-refractivity contribution in [2.45, 2.75) is 32.6 Å². The molecule has 0 atom stereocenters. The highest BCUT2D eigenvalue weighted by Gasteiger charge is 2.17. The molecule has 1 aliphatic heterocycles. The number of methoxy groups -OCH3 is 1. The summed E-state index contributed by atoms with van der Waals surface area (Å²) in [5, 5.41) is 5.48. The Morgan fingerprint density at radius 3 is 2.65 bits per heavy atom. The molecule has 5 rings (SSSR count). The van der Waals surface area contributed by atoms with Crippen molar-refractivity contribution in [3.63, 3.8) is 0 Å².